The molecule has 0 aliphatic heterocycles. The first-order valence-electron chi connectivity index (χ1n) is 3.78. The zero-order valence-corrected chi connectivity index (χ0v) is 7.50. The Morgan fingerprint density at radius 1 is 1.58 bits per heavy atom. The third kappa shape index (κ3) is 3.76. The van der Waals surface area contributed by atoms with Gasteiger partial charge in [0.25, 0.3) is 0 Å². The van der Waals surface area contributed by atoms with Crippen molar-refractivity contribution in [2.45, 2.75) is 20.3 Å². The van der Waals surface area contributed by atoms with E-state index in [0.717, 1.165) is 11.1 Å². The maximum Gasteiger partial charge on any atom is 0.307 e. The van der Waals surface area contributed by atoms with Crippen molar-refractivity contribution >= 4 is 5.97 Å². The van der Waals surface area contributed by atoms with Gasteiger partial charge in [0.2, 0.25) is 0 Å². The van der Waals surface area contributed by atoms with Gasteiger partial charge in [0, 0.05) is 0 Å². The molecule has 0 aromatic heterocycles. The molecule has 0 radical (unpaired) electrons. The van der Waals surface area contributed by atoms with Gasteiger partial charge in [-0.05, 0) is 19.4 Å². The SMILES string of the molecule is C=C/C=C(CC(=O)O)\C(C)=C/C. The zero-order chi connectivity index (χ0) is 9.56. The molecule has 0 atom stereocenters. The van der Waals surface area contributed by atoms with E-state index < -0.39 is 5.97 Å². The topological polar surface area (TPSA) is 37.3 Å². The molecule has 0 rings (SSSR count). The van der Waals surface area contributed by atoms with Crippen LogP contribution in [-0.2, 0) is 4.79 Å². The van der Waals surface area contributed by atoms with Crippen molar-refractivity contribution in [1.29, 1.82) is 0 Å². The third-order valence-corrected chi connectivity index (χ3v) is 1.60. The van der Waals surface area contributed by atoms with E-state index in [4.69, 9.17) is 5.11 Å². The average molecular weight is 166 g/mol. The quantitative estimate of drug-likeness (QED) is 0.651. The van der Waals surface area contributed by atoms with Gasteiger partial charge in [-0.2, -0.15) is 0 Å². The molecule has 0 fully saturated rings. The van der Waals surface area contributed by atoms with Crippen LogP contribution in [0.5, 0.6) is 0 Å². The van der Waals surface area contributed by atoms with Crippen LogP contribution in [0, 0.1) is 0 Å². The van der Waals surface area contributed by atoms with E-state index in [-0.39, 0.29) is 6.42 Å². The van der Waals surface area contributed by atoms with Crippen LogP contribution in [0.3, 0.4) is 0 Å². The molecule has 0 aliphatic rings. The van der Waals surface area contributed by atoms with Crippen LogP contribution < -0.4 is 0 Å². The second kappa shape index (κ2) is 5.35. The molecule has 0 unspecified atom stereocenters. The predicted molar refractivity (Wildman–Crippen MR) is 50.0 cm³/mol. The van der Waals surface area contributed by atoms with Gasteiger partial charge in [-0.25, -0.2) is 0 Å². The minimum absolute atomic E-state index is 0.0577. The van der Waals surface area contributed by atoms with Crippen LogP contribution >= 0.6 is 0 Å². The van der Waals surface area contributed by atoms with Gasteiger partial charge >= 0.3 is 5.97 Å². The van der Waals surface area contributed by atoms with Crippen molar-refractivity contribution < 1.29 is 9.90 Å². The Morgan fingerprint density at radius 2 is 2.17 bits per heavy atom. The Kier molecular flexibility index (Phi) is 4.77. The number of aliphatic carboxylic acids is 1. The lowest BCUT2D eigenvalue weighted by molar-refractivity contribution is -0.136. The molecule has 0 aromatic carbocycles. The molecule has 0 aromatic rings. The molecule has 0 spiro atoms. The summed E-state index contributed by atoms with van der Waals surface area (Å²) in [6.45, 7) is 7.30. The Morgan fingerprint density at radius 3 is 2.50 bits per heavy atom. The largest absolute Gasteiger partial charge is 0.481 e. The van der Waals surface area contributed by atoms with Gasteiger partial charge in [0.05, 0.1) is 6.42 Å². The third-order valence-electron chi connectivity index (χ3n) is 1.60. The fourth-order valence-electron chi connectivity index (χ4n) is 0.820. The van der Waals surface area contributed by atoms with Gasteiger partial charge in [0.15, 0.2) is 0 Å². The summed E-state index contributed by atoms with van der Waals surface area (Å²) < 4.78 is 0. The van der Waals surface area contributed by atoms with E-state index in [1.54, 1.807) is 12.2 Å². The summed E-state index contributed by atoms with van der Waals surface area (Å²) in [5, 5.41) is 8.55. The number of carboxylic acid groups (broad SMARTS) is 1. The van der Waals surface area contributed by atoms with Gasteiger partial charge in [-0.15, -0.1) is 0 Å². The van der Waals surface area contributed by atoms with Gasteiger partial charge in [-0.3, -0.25) is 4.79 Å². The lowest BCUT2D eigenvalue weighted by Gasteiger charge is -2.02. The van der Waals surface area contributed by atoms with E-state index in [9.17, 15) is 4.79 Å². The number of hydrogen-bond donors (Lipinski definition) is 1. The Bertz CT molecular complexity index is 234. The first-order valence-corrected chi connectivity index (χ1v) is 3.78. The summed E-state index contributed by atoms with van der Waals surface area (Å²) in [7, 11) is 0. The second-order valence-electron chi connectivity index (χ2n) is 2.47. The highest BCUT2D eigenvalue weighted by Gasteiger charge is 2.03. The highest BCUT2D eigenvalue weighted by Crippen LogP contribution is 2.13. The summed E-state index contributed by atoms with van der Waals surface area (Å²) in [5.74, 6) is -0.815. The van der Waals surface area contributed by atoms with Gasteiger partial charge in [0.1, 0.15) is 0 Å². The Labute approximate surface area is 72.9 Å². The van der Waals surface area contributed by atoms with Crippen LogP contribution in [0.4, 0.5) is 0 Å². The molecule has 0 aliphatic carbocycles. The summed E-state index contributed by atoms with van der Waals surface area (Å²) in [6.07, 6.45) is 5.27. The molecule has 0 heterocycles. The number of rotatable bonds is 4. The number of carboxylic acids is 1. The van der Waals surface area contributed by atoms with Crippen LogP contribution in [0.1, 0.15) is 20.3 Å². The van der Waals surface area contributed by atoms with Crippen molar-refractivity contribution in [3.63, 3.8) is 0 Å². The Hall–Kier alpha value is -1.31. The summed E-state index contributed by atoms with van der Waals surface area (Å²) in [5.41, 5.74) is 1.79. The van der Waals surface area contributed by atoms with Crippen molar-refractivity contribution in [3.05, 3.63) is 36.0 Å². The molecule has 1 N–H and O–H groups in total. The lowest BCUT2D eigenvalue weighted by atomic mass is 10.0. The van der Waals surface area contributed by atoms with E-state index >= 15 is 0 Å². The molecular formula is C10H14O2. The monoisotopic (exact) mass is 166 g/mol. The fourth-order valence-corrected chi connectivity index (χ4v) is 0.820. The van der Waals surface area contributed by atoms with Crippen LogP contribution in [0.25, 0.3) is 0 Å². The normalized spacial score (nSPS) is 12.8. The van der Waals surface area contributed by atoms with E-state index in [1.165, 1.54) is 0 Å². The molecule has 0 saturated carbocycles. The highest BCUT2D eigenvalue weighted by molar-refractivity contribution is 5.71. The van der Waals surface area contributed by atoms with Crippen LogP contribution in [0.15, 0.2) is 36.0 Å². The first kappa shape index (κ1) is 10.7. The van der Waals surface area contributed by atoms with E-state index in [2.05, 4.69) is 6.58 Å². The Balaban J connectivity index is 4.56. The smallest absolute Gasteiger partial charge is 0.307 e. The summed E-state index contributed by atoms with van der Waals surface area (Å²) in [6, 6.07) is 0. The van der Waals surface area contributed by atoms with Crippen molar-refractivity contribution in [2.24, 2.45) is 0 Å². The lowest BCUT2D eigenvalue weighted by Crippen LogP contribution is -1.98. The molecule has 66 valence electrons. The minimum Gasteiger partial charge on any atom is -0.481 e. The second-order valence-corrected chi connectivity index (χ2v) is 2.47. The van der Waals surface area contributed by atoms with Crippen molar-refractivity contribution in [1.82, 2.24) is 0 Å². The molecule has 0 saturated heterocycles. The maximum absolute atomic E-state index is 10.4. The molecular weight excluding hydrogens is 152 g/mol. The van der Waals surface area contributed by atoms with Gasteiger partial charge < -0.3 is 5.11 Å². The molecule has 2 heteroatoms. The molecule has 0 bridgehead atoms. The van der Waals surface area contributed by atoms with Gasteiger partial charge in [-0.1, -0.05) is 30.4 Å². The molecule has 12 heavy (non-hydrogen) atoms. The van der Waals surface area contributed by atoms with Crippen molar-refractivity contribution in [3.8, 4) is 0 Å². The average Bonchev–Trinajstić information content (AvgIpc) is 2.01. The summed E-state index contributed by atoms with van der Waals surface area (Å²) in [4.78, 5) is 10.4. The zero-order valence-electron chi connectivity index (χ0n) is 7.50. The molecule has 2 nitrogen and oxygen atoms in total. The minimum atomic E-state index is -0.815. The number of hydrogen-bond acceptors (Lipinski definition) is 1. The summed E-state index contributed by atoms with van der Waals surface area (Å²) >= 11 is 0. The standard InChI is InChI=1S/C10H14O2/c1-4-6-9(7-10(11)12)8(3)5-2/h4-6H,1,7H2,2-3H3,(H,11,12)/b8-5-,9-6-. The predicted octanol–water partition coefficient (Wildman–Crippen LogP) is 2.54. The maximum atomic E-state index is 10.4. The van der Waals surface area contributed by atoms with E-state index in [1.807, 2.05) is 19.9 Å². The van der Waals surface area contributed by atoms with Crippen molar-refractivity contribution in [2.75, 3.05) is 0 Å². The number of carbonyl (C=O) groups is 1. The molecule has 0 amide bonds. The van der Waals surface area contributed by atoms with Crippen LogP contribution in [-0.4, -0.2) is 11.1 Å². The van der Waals surface area contributed by atoms with E-state index in [0.29, 0.717) is 0 Å². The number of allylic oxidation sites excluding steroid dienone is 4. The van der Waals surface area contributed by atoms with Crippen LogP contribution in [0.2, 0.25) is 0 Å². The first-order chi connectivity index (χ1) is 5.61. The highest BCUT2D eigenvalue weighted by atomic mass is 16.4. The fraction of sp³-hybridized carbons (Fsp3) is 0.300.